The summed E-state index contributed by atoms with van der Waals surface area (Å²) in [7, 11) is 1.48. The summed E-state index contributed by atoms with van der Waals surface area (Å²) in [5.41, 5.74) is 1.02. The first-order valence-electron chi connectivity index (χ1n) is 9.45. The smallest absolute Gasteiger partial charge is 0.246 e. The number of nitrogens with one attached hydrogen (secondary N) is 1. The van der Waals surface area contributed by atoms with E-state index in [4.69, 9.17) is 16.3 Å². The molecule has 0 bridgehead atoms. The second kappa shape index (κ2) is 9.05. The number of likely N-dealkylation sites (tertiary alicyclic amines) is 1. The van der Waals surface area contributed by atoms with E-state index in [9.17, 15) is 9.90 Å². The van der Waals surface area contributed by atoms with Crippen LogP contribution in [-0.4, -0.2) is 47.8 Å². The van der Waals surface area contributed by atoms with Crippen LogP contribution in [0.4, 0.5) is 0 Å². The van der Waals surface area contributed by atoms with E-state index in [1.807, 2.05) is 54.6 Å². The third-order valence-corrected chi connectivity index (χ3v) is 5.72. The van der Waals surface area contributed by atoms with Crippen molar-refractivity contribution >= 4 is 17.5 Å². The van der Waals surface area contributed by atoms with Gasteiger partial charge in [0.25, 0.3) is 0 Å². The molecule has 0 saturated carbocycles. The van der Waals surface area contributed by atoms with Gasteiger partial charge in [-0.25, -0.2) is 0 Å². The van der Waals surface area contributed by atoms with E-state index < -0.39 is 11.6 Å². The van der Waals surface area contributed by atoms with Gasteiger partial charge in [-0.15, -0.1) is 0 Å². The van der Waals surface area contributed by atoms with Gasteiger partial charge >= 0.3 is 0 Å². The van der Waals surface area contributed by atoms with Gasteiger partial charge < -0.3 is 15.2 Å². The number of benzene rings is 2. The van der Waals surface area contributed by atoms with Crippen molar-refractivity contribution < 1.29 is 14.6 Å². The van der Waals surface area contributed by atoms with E-state index >= 15 is 0 Å². The Morgan fingerprint density at radius 2 is 1.93 bits per heavy atom. The van der Waals surface area contributed by atoms with Gasteiger partial charge in [0.05, 0.1) is 17.7 Å². The van der Waals surface area contributed by atoms with Gasteiger partial charge in [-0.2, -0.15) is 0 Å². The first-order valence-corrected chi connectivity index (χ1v) is 9.83. The molecule has 2 N–H and O–H groups in total. The summed E-state index contributed by atoms with van der Waals surface area (Å²) in [6.07, 6.45) is 0.540. The van der Waals surface area contributed by atoms with Gasteiger partial charge in [0.1, 0.15) is 6.61 Å². The Hall–Kier alpha value is -1.92. The molecule has 6 heteroatoms. The predicted molar refractivity (Wildman–Crippen MR) is 110 cm³/mol. The quantitative estimate of drug-likeness (QED) is 0.779. The molecular formula is C22H27ClN2O3. The molecule has 1 fully saturated rings. The van der Waals surface area contributed by atoms with Crippen LogP contribution in [0.15, 0.2) is 54.6 Å². The van der Waals surface area contributed by atoms with Gasteiger partial charge in [0.15, 0.2) is 0 Å². The summed E-state index contributed by atoms with van der Waals surface area (Å²) in [5.74, 6) is -0.242. The molecule has 0 aromatic heterocycles. The van der Waals surface area contributed by atoms with E-state index in [0.717, 1.165) is 11.1 Å². The van der Waals surface area contributed by atoms with Crippen LogP contribution in [0.25, 0.3) is 0 Å². The first kappa shape index (κ1) is 20.8. The Kier molecular flexibility index (Phi) is 6.73. The number of piperidine rings is 1. The summed E-state index contributed by atoms with van der Waals surface area (Å²) in [6.45, 7) is 3.06. The summed E-state index contributed by atoms with van der Waals surface area (Å²) < 4.78 is 4.97. The zero-order valence-electron chi connectivity index (χ0n) is 16.3. The van der Waals surface area contributed by atoms with Gasteiger partial charge in [0, 0.05) is 25.2 Å². The Morgan fingerprint density at radius 3 is 2.61 bits per heavy atom. The molecule has 3 rings (SSSR count). The molecule has 2 aromatic carbocycles. The van der Waals surface area contributed by atoms with Crippen molar-refractivity contribution in [1.29, 1.82) is 0 Å². The zero-order chi connectivity index (χ0) is 20.1. The molecule has 5 nitrogen and oxygen atoms in total. The summed E-state index contributed by atoms with van der Waals surface area (Å²) >= 11 is 6.39. The van der Waals surface area contributed by atoms with Crippen molar-refractivity contribution in [2.45, 2.75) is 37.6 Å². The van der Waals surface area contributed by atoms with E-state index in [2.05, 4.69) is 10.2 Å². The van der Waals surface area contributed by atoms with Crippen molar-refractivity contribution in [1.82, 2.24) is 10.2 Å². The minimum Gasteiger partial charge on any atom is -0.388 e. The van der Waals surface area contributed by atoms with Gasteiger partial charge in [-0.3, -0.25) is 9.69 Å². The Labute approximate surface area is 171 Å². The fourth-order valence-electron chi connectivity index (χ4n) is 3.87. The molecule has 1 aliphatic rings. The highest BCUT2D eigenvalue weighted by molar-refractivity contribution is 6.31. The molecule has 150 valence electrons. The highest BCUT2D eigenvalue weighted by atomic mass is 35.5. The molecule has 2 aromatic rings. The lowest BCUT2D eigenvalue weighted by atomic mass is 9.79. The molecule has 1 amide bonds. The molecule has 0 radical (unpaired) electrons. The lowest BCUT2D eigenvalue weighted by molar-refractivity contribution is -0.132. The normalized spacial score (nSPS) is 25.4. The molecule has 28 heavy (non-hydrogen) atoms. The highest BCUT2D eigenvalue weighted by Gasteiger charge is 2.46. The lowest BCUT2D eigenvalue weighted by Crippen LogP contribution is -2.62. The number of halogens is 1. The highest BCUT2D eigenvalue weighted by Crippen LogP contribution is 2.38. The van der Waals surface area contributed by atoms with E-state index in [0.29, 0.717) is 24.5 Å². The molecule has 1 heterocycles. The number of hydrogen-bond acceptors (Lipinski definition) is 4. The van der Waals surface area contributed by atoms with E-state index in [-0.39, 0.29) is 18.6 Å². The fourth-order valence-corrected chi connectivity index (χ4v) is 4.07. The van der Waals surface area contributed by atoms with Crippen molar-refractivity contribution in [3.8, 4) is 0 Å². The maximum absolute atomic E-state index is 12.3. The van der Waals surface area contributed by atoms with E-state index in [1.165, 1.54) is 7.11 Å². The van der Waals surface area contributed by atoms with Crippen LogP contribution in [0, 0.1) is 0 Å². The van der Waals surface area contributed by atoms with Crippen molar-refractivity contribution in [3.63, 3.8) is 0 Å². The maximum atomic E-state index is 12.3. The molecule has 3 atom stereocenters. The average molecular weight is 403 g/mol. The summed E-state index contributed by atoms with van der Waals surface area (Å²) in [5, 5.41) is 14.8. The van der Waals surface area contributed by atoms with Crippen LogP contribution in [0.3, 0.4) is 0 Å². The largest absolute Gasteiger partial charge is 0.388 e. The third kappa shape index (κ3) is 4.73. The SMILES string of the molecule is COCC(=O)NC1C(c2ccccc2)N(Cc2ccccc2Cl)CCC1(C)O. The number of rotatable bonds is 6. The number of hydrogen-bond donors (Lipinski definition) is 2. The molecule has 3 unspecified atom stereocenters. The van der Waals surface area contributed by atoms with Gasteiger partial charge in [-0.05, 0) is 30.5 Å². The Morgan fingerprint density at radius 1 is 1.25 bits per heavy atom. The van der Waals surface area contributed by atoms with Crippen molar-refractivity contribution in [2.24, 2.45) is 0 Å². The number of carbonyl (C=O) groups excluding carboxylic acids is 1. The Balaban J connectivity index is 1.96. The lowest BCUT2D eigenvalue weighted by Gasteiger charge is -2.49. The first-order chi connectivity index (χ1) is 13.4. The van der Waals surface area contributed by atoms with Crippen molar-refractivity contribution in [3.05, 3.63) is 70.7 Å². The molecule has 0 aliphatic carbocycles. The van der Waals surface area contributed by atoms with Crippen LogP contribution in [0.2, 0.25) is 5.02 Å². The Bertz CT molecular complexity index is 797. The summed E-state index contributed by atoms with van der Waals surface area (Å²) in [6, 6.07) is 17.1. The van der Waals surface area contributed by atoms with Gasteiger partial charge in [-0.1, -0.05) is 60.1 Å². The van der Waals surface area contributed by atoms with Crippen LogP contribution in [0.5, 0.6) is 0 Å². The minimum atomic E-state index is -1.04. The number of nitrogens with zero attached hydrogens (tertiary/aromatic N) is 1. The average Bonchev–Trinajstić information content (AvgIpc) is 2.67. The maximum Gasteiger partial charge on any atom is 0.246 e. The van der Waals surface area contributed by atoms with Crippen LogP contribution in [0.1, 0.15) is 30.5 Å². The zero-order valence-corrected chi connectivity index (χ0v) is 17.0. The summed E-state index contributed by atoms with van der Waals surface area (Å²) in [4.78, 5) is 14.6. The van der Waals surface area contributed by atoms with Crippen LogP contribution >= 0.6 is 11.6 Å². The van der Waals surface area contributed by atoms with Crippen LogP contribution < -0.4 is 5.32 Å². The number of carbonyl (C=O) groups is 1. The standard InChI is InChI=1S/C22H27ClN2O3/c1-22(27)12-13-25(14-17-10-6-7-11-18(17)23)20(16-8-4-3-5-9-16)21(22)24-19(26)15-28-2/h3-11,20-21,27H,12-15H2,1-2H3,(H,24,26). The molecular weight excluding hydrogens is 376 g/mol. The molecule has 1 saturated heterocycles. The fraction of sp³-hybridized carbons (Fsp3) is 0.409. The van der Waals surface area contributed by atoms with Crippen molar-refractivity contribution in [2.75, 3.05) is 20.3 Å². The number of amides is 1. The number of aliphatic hydroxyl groups is 1. The monoisotopic (exact) mass is 402 g/mol. The van der Waals surface area contributed by atoms with Gasteiger partial charge in [0.2, 0.25) is 5.91 Å². The predicted octanol–water partition coefficient (Wildman–Crippen LogP) is 3.17. The number of ether oxygens (including phenoxy) is 1. The number of methoxy groups -OCH3 is 1. The second-order valence-corrected chi connectivity index (χ2v) is 7.91. The minimum absolute atomic E-state index is 0.0431. The third-order valence-electron chi connectivity index (χ3n) is 5.35. The topological polar surface area (TPSA) is 61.8 Å². The van der Waals surface area contributed by atoms with E-state index in [1.54, 1.807) is 6.92 Å². The second-order valence-electron chi connectivity index (χ2n) is 7.50. The molecule has 1 aliphatic heterocycles. The molecule has 0 spiro atoms. The van der Waals surface area contributed by atoms with Crippen LogP contribution in [-0.2, 0) is 16.1 Å².